The molecule has 0 bridgehead atoms. The normalized spacial score (nSPS) is 13.1. The smallest absolute Gasteiger partial charge is 0.240 e. The van der Waals surface area contributed by atoms with E-state index in [1.54, 1.807) is 30.3 Å². The lowest BCUT2D eigenvalue weighted by molar-refractivity contribution is -0.117. The molecule has 0 atom stereocenters. The number of rotatable bonds is 10. The molecule has 1 aliphatic heterocycles. The largest absolute Gasteiger partial charge is 0.494 e. The summed E-state index contributed by atoms with van der Waals surface area (Å²) >= 11 is 0. The van der Waals surface area contributed by atoms with E-state index in [0.717, 1.165) is 5.56 Å². The van der Waals surface area contributed by atoms with Gasteiger partial charge in [-0.2, -0.15) is 0 Å². The Morgan fingerprint density at radius 2 is 1.84 bits per heavy atom. The predicted octanol–water partition coefficient (Wildman–Crippen LogP) is 2.68. The first kappa shape index (κ1) is 23.6. The van der Waals surface area contributed by atoms with Gasteiger partial charge in [0, 0.05) is 31.1 Å². The van der Waals surface area contributed by atoms with Crippen LogP contribution in [0.15, 0.2) is 41.3 Å². The Morgan fingerprint density at radius 1 is 1.06 bits per heavy atom. The summed E-state index contributed by atoms with van der Waals surface area (Å²) in [6, 6.07) is 9.69. The van der Waals surface area contributed by atoms with Crippen LogP contribution >= 0.6 is 0 Å². The van der Waals surface area contributed by atoms with Gasteiger partial charge < -0.3 is 20.1 Å². The molecule has 0 saturated heterocycles. The van der Waals surface area contributed by atoms with Gasteiger partial charge in [-0.15, -0.1) is 0 Å². The van der Waals surface area contributed by atoms with Crippen molar-refractivity contribution < 1.29 is 27.5 Å². The van der Waals surface area contributed by atoms with Gasteiger partial charge in [0.2, 0.25) is 21.8 Å². The van der Waals surface area contributed by atoms with Crippen molar-refractivity contribution in [1.82, 2.24) is 4.72 Å². The summed E-state index contributed by atoms with van der Waals surface area (Å²) in [5, 5.41) is 5.47. The van der Waals surface area contributed by atoms with Crippen molar-refractivity contribution in [3.8, 4) is 11.5 Å². The lowest BCUT2D eigenvalue weighted by Crippen LogP contribution is -2.28. The zero-order valence-electron chi connectivity index (χ0n) is 18.1. The van der Waals surface area contributed by atoms with Gasteiger partial charge in [-0.3, -0.25) is 9.59 Å². The van der Waals surface area contributed by atoms with E-state index < -0.39 is 10.0 Å². The summed E-state index contributed by atoms with van der Waals surface area (Å²) in [5.74, 6) is 0.647. The molecular weight excluding hydrogens is 434 g/mol. The van der Waals surface area contributed by atoms with E-state index in [1.807, 2.05) is 13.8 Å². The van der Waals surface area contributed by atoms with Crippen LogP contribution in [0.4, 0.5) is 11.4 Å². The van der Waals surface area contributed by atoms with E-state index >= 15 is 0 Å². The number of nitrogens with one attached hydrogen (secondary N) is 3. The maximum Gasteiger partial charge on any atom is 0.240 e. The van der Waals surface area contributed by atoms with Crippen LogP contribution in [-0.4, -0.2) is 40.0 Å². The van der Waals surface area contributed by atoms with Crippen LogP contribution in [0.1, 0.15) is 32.3 Å². The van der Waals surface area contributed by atoms with E-state index in [1.165, 1.54) is 6.07 Å². The molecule has 3 N–H and O–H groups in total. The maximum absolute atomic E-state index is 12.6. The minimum absolute atomic E-state index is 0.0648. The van der Waals surface area contributed by atoms with Crippen LogP contribution in [0.2, 0.25) is 0 Å². The number of sulfonamides is 1. The van der Waals surface area contributed by atoms with E-state index in [9.17, 15) is 18.0 Å². The number of fused-ring (bicyclic) bond motifs is 1. The molecule has 0 saturated carbocycles. The monoisotopic (exact) mass is 461 g/mol. The molecule has 1 aliphatic rings. The fourth-order valence-electron chi connectivity index (χ4n) is 3.27. The zero-order chi connectivity index (χ0) is 23.1. The van der Waals surface area contributed by atoms with Crippen LogP contribution in [0.3, 0.4) is 0 Å². The Labute approximate surface area is 187 Å². The second kappa shape index (κ2) is 10.5. The average Bonchev–Trinajstić information content (AvgIpc) is 2.75. The molecule has 0 fully saturated rings. The van der Waals surface area contributed by atoms with E-state index in [0.29, 0.717) is 48.9 Å². The Bertz CT molecular complexity index is 1100. The molecule has 2 aromatic rings. The summed E-state index contributed by atoms with van der Waals surface area (Å²) in [5.41, 5.74) is 1.85. The van der Waals surface area contributed by atoms with Crippen molar-refractivity contribution in [3.05, 3.63) is 42.0 Å². The number of benzene rings is 2. The van der Waals surface area contributed by atoms with Gasteiger partial charge in [0.25, 0.3) is 0 Å². The number of hydrogen-bond donors (Lipinski definition) is 3. The summed E-state index contributed by atoms with van der Waals surface area (Å²) in [6.45, 7) is 4.54. The van der Waals surface area contributed by atoms with Gasteiger partial charge in [0.05, 0.1) is 23.8 Å². The molecule has 0 aliphatic carbocycles. The first-order valence-corrected chi connectivity index (χ1v) is 11.9. The first-order valence-electron chi connectivity index (χ1n) is 10.4. The molecule has 2 amide bonds. The molecular formula is C22H27N3O6S. The number of carbonyl (C=O) groups excluding carboxylic acids is 2. The van der Waals surface area contributed by atoms with E-state index in [-0.39, 0.29) is 29.7 Å². The highest BCUT2D eigenvalue weighted by Crippen LogP contribution is 2.29. The highest BCUT2D eigenvalue weighted by molar-refractivity contribution is 7.89. The number of ether oxygens (including phenoxy) is 2. The van der Waals surface area contributed by atoms with Gasteiger partial charge in [-0.1, -0.05) is 0 Å². The summed E-state index contributed by atoms with van der Waals surface area (Å²) in [7, 11) is -3.79. The number of aryl methyl sites for hydroxylation is 1. The second-order valence-corrected chi connectivity index (χ2v) is 8.85. The summed E-state index contributed by atoms with van der Waals surface area (Å²) in [6.07, 6.45) is 0.735. The zero-order valence-corrected chi connectivity index (χ0v) is 18.9. The van der Waals surface area contributed by atoms with Crippen LogP contribution in [-0.2, 0) is 26.0 Å². The minimum Gasteiger partial charge on any atom is -0.494 e. The van der Waals surface area contributed by atoms with Crippen LogP contribution in [0.25, 0.3) is 0 Å². The van der Waals surface area contributed by atoms with Gasteiger partial charge in [0.15, 0.2) is 0 Å². The van der Waals surface area contributed by atoms with Crippen molar-refractivity contribution in [2.24, 2.45) is 0 Å². The van der Waals surface area contributed by atoms with Crippen LogP contribution < -0.4 is 24.8 Å². The average molecular weight is 462 g/mol. The predicted molar refractivity (Wildman–Crippen MR) is 121 cm³/mol. The van der Waals surface area contributed by atoms with E-state index in [2.05, 4.69) is 15.4 Å². The fraction of sp³-hybridized carbons (Fsp3) is 0.364. The SMILES string of the molecule is CCOc1ccc(OCC)c(NC(=O)CCNS(=O)(=O)c2ccc3c(c2)CCC(=O)N3)c1. The number of carbonyl (C=O) groups is 2. The third kappa shape index (κ3) is 5.98. The third-order valence-corrected chi connectivity index (χ3v) is 6.22. The van der Waals surface area contributed by atoms with Gasteiger partial charge in [-0.25, -0.2) is 13.1 Å². The fourth-order valence-corrected chi connectivity index (χ4v) is 4.35. The van der Waals surface area contributed by atoms with Crippen molar-refractivity contribution >= 4 is 33.2 Å². The number of amides is 2. The standard InChI is InChI=1S/C22H27N3O6S/c1-3-30-16-6-9-20(31-4-2)19(14-16)25-22(27)11-12-23-32(28,29)17-7-8-18-15(13-17)5-10-21(26)24-18/h6-9,13-14,23H,3-5,10-12H2,1-2H3,(H,24,26)(H,25,27). The maximum atomic E-state index is 12.6. The second-order valence-electron chi connectivity index (χ2n) is 7.09. The summed E-state index contributed by atoms with van der Waals surface area (Å²) in [4.78, 5) is 24.0. The summed E-state index contributed by atoms with van der Waals surface area (Å²) < 4.78 is 38.7. The highest BCUT2D eigenvalue weighted by Gasteiger charge is 2.20. The topological polar surface area (TPSA) is 123 Å². The highest BCUT2D eigenvalue weighted by atomic mass is 32.2. The van der Waals surface area contributed by atoms with Crippen molar-refractivity contribution in [2.45, 2.75) is 38.0 Å². The molecule has 0 aromatic heterocycles. The van der Waals surface area contributed by atoms with Gasteiger partial charge >= 0.3 is 0 Å². The Kier molecular flexibility index (Phi) is 7.70. The Balaban J connectivity index is 1.60. The molecule has 0 unspecified atom stereocenters. The van der Waals surface area contributed by atoms with Gasteiger partial charge in [-0.05, 0) is 56.2 Å². The number of hydrogen-bond acceptors (Lipinski definition) is 6. The molecule has 0 radical (unpaired) electrons. The Hall–Kier alpha value is -3.11. The van der Waals surface area contributed by atoms with Gasteiger partial charge in [0.1, 0.15) is 11.5 Å². The molecule has 10 heteroatoms. The molecule has 3 rings (SSSR count). The van der Waals surface area contributed by atoms with Crippen LogP contribution in [0.5, 0.6) is 11.5 Å². The third-order valence-electron chi connectivity index (χ3n) is 4.76. The molecule has 32 heavy (non-hydrogen) atoms. The van der Waals surface area contributed by atoms with Crippen LogP contribution in [0, 0.1) is 0 Å². The molecule has 0 spiro atoms. The lowest BCUT2D eigenvalue weighted by atomic mass is 10.0. The Morgan fingerprint density at radius 3 is 2.59 bits per heavy atom. The molecule has 9 nitrogen and oxygen atoms in total. The van der Waals surface area contributed by atoms with Crippen molar-refractivity contribution in [2.75, 3.05) is 30.4 Å². The molecule has 1 heterocycles. The quantitative estimate of drug-likeness (QED) is 0.500. The van der Waals surface area contributed by atoms with Crippen molar-refractivity contribution in [1.29, 1.82) is 0 Å². The molecule has 172 valence electrons. The number of anilines is 2. The van der Waals surface area contributed by atoms with Crippen molar-refractivity contribution in [3.63, 3.8) is 0 Å². The minimum atomic E-state index is -3.79. The lowest BCUT2D eigenvalue weighted by Gasteiger charge is -2.17. The first-order chi connectivity index (χ1) is 15.3. The van der Waals surface area contributed by atoms with E-state index in [4.69, 9.17) is 9.47 Å². The molecule has 2 aromatic carbocycles.